The van der Waals surface area contributed by atoms with Gasteiger partial charge in [0.15, 0.2) is 0 Å². The number of aromatic nitrogens is 4. The van der Waals surface area contributed by atoms with Crippen molar-refractivity contribution in [3.63, 3.8) is 0 Å². The van der Waals surface area contributed by atoms with Gasteiger partial charge in [-0.2, -0.15) is 0 Å². The fraction of sp³-hybridized carbons (Fsp3) is 0.320. The van der Waals surface area contributed by atoms with Crippen LogP contribution in [-0.2, 0) is 30.5 Å². The zero-order valence-corrected chi connectivity index (χ0v) is 20.6. The minimum Gasteiger partial charge on any atom is -0.373 e. The summed E-state index contributed by atoms with van der Waals surface area (Å²) in [6.07, 6.45) is 2.98. The van der Waals surface area contributed by atoms with Gasteiger partial charge in [0, 0.05) is 19.3 Å². The third kappa shape index (κ3) is 6.91. The molecule has 1 fully saturated rings. The second-order valence-corrected chi connectivity index (χ2v) is 10.9. The van der Waals surface area contributed by atoms with Gasteiger partial charge in [-0.1, -0.05) is 83.3 Å². The van der Waals surface area contributed by atoms with Gasteiger partial charge >= 0.3 is 0 Å². The SMILES string of the molecule is O=C(Cc1ccccc1)Nc1nnc(C[C@@H]2C[C@H]2Cc2nnc(NC(O)Cc3ccccc3)s2)s1. The smallest absolute Gasteiger partial charge is 0.230 e. The van der Waals surface area contributed by atoms with Crippen molar-refractivity contribution in [1.82, 2.24) is 20.4 Å². The predicted octanol–water partition coefficient (Wildman–Crippen LogP) is 3.97. The van der Waals surface area contributed by atoms with Crippen LogP contribution in [0.4, 0.5) is 10.3 Å². The summed E-state index contributed by atoms with van der Waals surface area (Å²) in [6, 6.07) is 19.5. The van der Waals surface area contributed by atoms with Gasteiger partial charge in [0.05, 0.1) is 6.42 Å². The van der Waals surface area contributed by atoms with Gasteiger partial charge in [0.1, 0.15) is 16.2 Å². The summed E-state index contributed by atoms with van der Waals surface area (Å²) in [5, 5.41) is 36.1. The number of aliphatic hydroxyl groups excluding tert-OH is 1. The number of carbonyl (C=O) groups is 1. The van der Waals surface area contributed by atoms with Crippen molar-refractivity contribution in [2.24, 2.45) is 11.8 Å². The van der Waals surface area contributed by atoms with E-state index in [1.165, 1.54) is 22.7 Å². The van der Waals surface area contributed by atoms with Crippen LogP contribution in [-0.4, -0.2) is 37.6 Å². The molecular formula is C25H26N6O2S2. The maximum absolute atomic E-state index is 12.2. The number of anilines is 2. The van der Waals surface area contributed by atoms with E-state index in [4.69, 9.17) is 0 Å². The third-order valence-electron chi connectivity index (χ3n) is 5.89. The zero-order valence-electron chi connectivity index (χ0n) is 19.0. The second kappa shape index (κ2) is 11.0. The fourth-order valence-corrected chi connectivity index (χ4v) is 5.74. The van der Waals surface area contributed by atoms with Crippen LogP contribution in [0.1, 0.15) is 27.6 Å². The van der Waals surface area contributed by atoms with Gasteiger partial charge in [-0.15, -0.1) is 20.4 Å². The molecule has 0 spiro atoms. The van der Waals surface area contributed by atoms with Crippen molar-refractivity contribution < 1.29 is 9.90 Å². The molecular weight excluding hydrogens is 480 g/mol. The first kappa shape index (κ1) is 23.5. The Balaban J connectivity index is 1.05. The van der Waals surface area contributed by atoms with E-state index in [9.17, 15) is 9.90 Å². The van der Waals surface area contributed by atoms with Crippen molar-refractivity contribution in [3.8, 4) is 0 Å². The summed E-state index contributed by atoms with van der Waals surface area (Å²) < 4.78 is 0. The monoisotopic (exact) mass is 506 g/mol. The van der Waals surface area contributed by atoms with E-state index in [1.807, 2.05) is 60.7 Å². The highest BCUT2D eigenvalue weighted by Gasteiger charge is 2.38. The van der Waals surface area contributed by atoms with E-state index in [1.54, 1.807) is 0 Å². The molecule has 4 aromatic rings. The maximum Gasteiger partial charge on any atom is 0.230 e. The second-order valence-electron chi connectivity index (χ2n) is 8.73. The largest absolute Gasteiger partial charge is 0.373 e. The van der Waals surface area contributed by atoms with Crippen molar-refractivity contribution in [1.29, 1.82) is 0 Å². The molecule has 1 amide bonds. The summed E-state index contributed by atoms with van der Waals surface area (Å²) in [6.45, 7) is 0. The van der Waals surface area contributed by atoms with E-state index >= 15 is 0 Å². The minimum absolute atomic E-state index is 0.0854. The Kier molecular flexibility index (Phi) is 7.41. The highest BCUT2D eigenvalue weighted by molar-refractivity contribution is 7.15. The molecule has 2 aromatic heterocycles. The Morgan fingerprint density at radius 3 is 2.09 bits per heavy atom. The van der Waals surface area contributed by atoms with Crippen LogP contribution in [0.2, 0.25) is 0 Å². The molecule has 1 aliphatic carbocycles. The fourth-order valence-electron chi connectivity index (χ4n) is 4.02. The van der Waals surface area contributed by atoms with E-state index in [-0.39, 0.29) is 5.91 Å². The number of carbonyl (C=O) groups excluding carboxylic acids is 1. The van der Waals surface area contributed by atoms with E-state index < -0.39 is 6.23 Å². The maximum atomic E-state index is 12.2. The van der Waals surface area contributed by atoms with Gasteiger partial charge in [0.25, 0.3) is 0 Å². The molecule has 0 bridgehead atoms. The molecule has 0 aliphatic heterocycles. The molecule has 2 aromatic carbocycles. The lowest BCUT2D eigenvalue weighted by Crippen LogP contribution is -2.21. The van der Waals surface area contributed by atoms with Gasteiger partial charge in [0.2, 0.25) is 16.2 Å². The first-order valence-electron chi connectivity index (χ1n) is 11.6. The number of amides is 1. The summed E-state index contributed by atoms with van der Waals surface area (Å²) in [4.78, 5) is 12.2. The summed E-state index contributed by atoms with van der Waals surface area (Å²) in [5.41, 5.74) is 2.03. The van der Waals surface area contributed by atoms with Crippen molar-refractivity contribution in [2.45, 2.75) is 38.3 Å². The molecule has 1 saturated carbocycles. The van der Waals surface area contributed by atoms with Gasteiger partial charge in [-0.3, -0.25) is 4.79 Å². The third-order valence-corrected chi connectivity index (χ3v) is 7.63. The number of aliphatic hydroxyl groups is 1. The van der Waals surface area contributed by atoms with Crippen LogP contribution in [0.5, 0.6) is 0 Å². The normalized spacial score (nSPS) is 17.6. The molecule has 2 heterocycles. The van der Waals surface area contributed by atoms with Crippen LogP contribution in [0.25, 0.3) is 0 Å². The van der Waals surface area contributed by atoms with Gasteiger partial charge in [-0.05, 0) is 29.4 Å². The molecule has 10 heteroatoms. The Bertz CT molecular complexity index is 1250. The topological polar surface area (TPSA) is 113 Å². The standard InChI is InChI=1S/C25H26N6O2S2/c32-20(11-16-7-3-1-4-8-16)26-24-30-28-22(34-24)14-18-13-19(18)15-23-29-31-25(35-23)27-21(33)12-17-9-5-2-6-10-17/h1-10,18-20,32H,11-15H2,(H,26,30)(H,27,31,33)/t18-,19-,20?/m0/s1. The number of hydrogen-bond donors (Lipinski definition) is 3. The average molecular weight is 507 g/mol. The Hall–Kier alpha value is -3.21. The number of benzene rings is 2. The van der Waals surface area contributed by atoms with Crippen molar-refractivity contribution >= 4 is 38.8 Å². The van der Waals surface area contributed by atoms with E-state index in [2.05, 4.69) is 31.0 Å². The van der Waals surface area contributed by atoms with Crippen molar-refractivity contribution in [2.75, 3.05) is 10.6 Å². The van der Waals surface area contributed by atoms with Crippen LogP contribution in [0.3, 0.4) is 0 Å². The van der Waals surface area contributed by atoms with E-state index in [0.29, 0.717) is 34.9 Å². The highest BCUT2D eigenvalue weighted by Crippen LogP contribution is 2.44. The van der Waals surface area contributed by atoms with Gasteiger partial charge < -0.3 is 15.7 Å². The molecule has 8 nitrogen and oxygen atoms in total. The van der Waals surface area contributed by atoms with E-state index in [0.717, 1.165) is 40.4 Å². The molecule has 3 N–H and O–H groups in total. The Morgan fingerprint density at radius 1 is 0.857 bits per heavy atom. The molecule has 180 valence electrons. The summed E-state index contributed by atoms with van der Waals surface area (Å²) >= 11 is 2.94. The quantitative estimate of drug-likeness (QED) is 0.264. The number of nitrogens with zero attached hydrogens (tertiary/aromatic N) is 4. The number of hydrogen-bond acceptors (Lipinski definition) is 9. The molecule has 0 radical (unpaired) electrons. The lowest BCUT2D eigenvalue weighted by atomic mass is 10.1. The summed E-state index contributed by atoms with van der Waals surface area (Å²) in [7, 11) is 0. The predicted molar refractivity (Wildman–Crippen MR) is 137 cm³/mol. The van der Waals surface area contributed by atoms with Crippen LogP contribution in [0, 0.1) is 11.8 Å². The molecule has 0 saturated heterocycles. The summed E-state index contributed by atoms with van der Waals surface area (Å²) in [5.74, 6) is 1.00. The number of rotatable bonds is 11. The first-order valence-corrected chi connectivity index (χ1v) is 13.2. The molecule has 1 unspecified atom stereocenters. The Labute approximate surface area is 211 Å². The lowest BCUT2D eigenvalue weighted by molar-refractivity contribution is -0.115. The highest BCUT2D eigenvalue weighted by atomic mass is 32.1. The molecule has 5 rings (SSSR count). The van der Waals surface area contributed by atoms with Crippen molar-refractivity contribution in [3.05, 3.63) is 81.8 Å². The molecule has 35 heavy (non-hydrogen) atoms. The first-order chi connectivity index (χ1) is 17.1. The van der Waals surface area contributed by atoms with Crippen LogP contribution in [0.15, 0.2) is 60.7 Å². The average Bonchev–Trinajstić information content (AvgIpc) is 3.18. The Morgan fingerprint density at radius 2 is 1.43 bits per heavy atom. The molecule has 3 atom stereocenters. The lowest BCUT2D eigenvalue weighted by Gasteiger charge is -2.11. The minimum atomic E-state index is -0.702. The number of nitrogens with one attached hydrogen (secondary N) is 2. The molecule has 1 aliphatic rings. The van der Waals surface area contributed by atoms with Gasteiger partial charge in [-0.25, -0.2) is 0 Å². The van der Waals surface area contributed by atoms with Crippen LogP contribution >= 0.6 is 22.7 Å². The zero-order chi connectivity index (χ0) is 24.0. The van der Waals surface area contributed by atoms with Crippen LogP contribution < -0.4 is 10.6 Å².